The Morgan fingerprint density at radius 3 is 1.30 bits per heavy atom. The lowest BCUT2D eigenvalue weighted by atomic mass is 10.4. The molecule has 0 heterocycles. The van der Waals surface area contributed by atoms with Crippen LogP contribution in [0.4, 0.5) is 0 Å². The predicted molar refractivity (Wildman–Crippen MR) is 79.6 cm³/mol. The SMILES string of the molecule is C.O=P(O)(OP(=O)(O)c1ccccc1)c1ccccc1. The first kappa shape index (κ1) is 16.8. The molecule has 0 saturated carbocycles. The van der Waals surface area contributed by atoms with Crippen LogP contribution >= 0.6 is 15.2 Å². The van der Waals surface area contributed by atoms with Crippen molar-refractivity contribution < 1.29 is 23.2 Å². The highest BCUT2D eigenvalue weighted by Crippen LogP contribution is 2.57. The van der Waals surface area contributed by atoms with E-state index in [1.54, 1.807) is 36.4 Å². The minimum Gasteiger partial charge on any atom is -0.321 e. The van der Waals surface area contributed by atoms with E-state index >= 15 is 0 Å². The fourth-order valence-electron chi connectivity index (χ4n) is 1.48. The average Bonchev–Trinajstić information content (AvgIpc) is 2.40. The third-order valence-electron chi connectivity index (χ3n) is 2.39. The maximum atomic E-state index is 12.0. The molecular formula is C13H16O5P2. The van der Waals surface area contributed by atoms with Crippen LogP contribution in [0.3, 0.4) is 0 Å². The van der Waals surface area contributed by atoms with E-state index in [9.17, 15) is 18.9 Å². The van der Waals surface area contributed by atoms with Crippen LogP contribution in [0.5, 0.6) is 0 Å². The van der Waals surface area contributed by atoms with Crippen molar-refractivity contribution in [2.75, 3.05) is 0 Å². The van der Waals surface area contributed by atoms with E-state index in [1.165, 1.54) is 24.3 Å². The molecule has 0 spiro atoms. The highest BCUT2D eigenvalue weighted by atomic mass is 31.3. The molecule has 0 aliphatic heterocycles. The Morgan fingerprint density at radius 1 is 0.700 bits per heavy atom. The summed E-state index contributed by atoms with van der Waals surface area (Å²) in [6.07, 6.45) is 0. The van der Waals surface area contributed by atoms with Gasteiger partial charge in [-0.25, -0.2) is 4.31 Å². The lowest BCUT2D eigenvalue weighted by Crippen LogP contribution is -2.10. The molecule has 0 amide bonds. The second-order valence-corrected chi connectivity index (χ2v) is 7.56. The van der Waals surface area contributed by atoms with E-state index in [4.69, 9.17) is 0 Å². The Labute approximate surface area is 117 Å². The van der Waals surface area contributed by atoms with Crippen LogP contribution in [0.25, 0.3) is 0 Å². The van der Waals surface area contributed by atoms with Gasteiger partial charge in [-0.2, -0.15) is 0 Å². The second kappa shape index (κ2) is 6.49. The molecule has 2 unspecified atom stereocenters. The molecule has 0 fully saturated rings. The highest BCUT2D eigenvalue weighted by Gasteiger charge is 2.34. The van der Waals surface area contributed by atoms with Crippen molar-refractivity contribution in [1.29, 1.82) is 0 Å². The molecule has 0 aliphatic carbocycles. The van der Waals surface area contributed by atoms with Crippen LogP contribution in [0, 0.1) is 0 Å². The Hall–Kier alpha value is -1.22. The van der Waals surface area contributed by atoms with E-state index < -0.39 is 15.2 Å². The van der Waals surface area contributed by atoms with Crippen LogP contribution in [0.1, 0.15) is 7.43 Å². The molecule has 2 N–H and O–H groups in total. The Balaban J connectivity index is 0.00000200. The van der Waals surface area contributed by atoms with Crippen molar-refractivity contribution >= 4 is 25.8 Å². The third-order valence-corrected chi connectivity index (χ3v) is 6.06. The van der Waals surface area contributed by atoms with E-state index in [0.29, 0.717) is 0 Å². The zero-order valence-electron chi connectivity index (χ0n) is 9.79. The quantitative estimate of drug-likeness (QED) is 0.848. The molecule has 2 atom stereocenters. The van der Waals surface area contributed by atoms with Gasteiger partial charge in [0.25, 0.3) is 0 Å². The summed E-state index contributed by atoms with van der Waals surface area (Å²) in [4.78, 5) is 19.6. The fraction of sp³-hybridized carbons (Fsp3) is 0.0769. The van der Waals surface area contributed by atoms with Crippen LogP contribution in [0.15, 0.2) is 60.7 Å². The summed E-state index contributed by atoms with van der Waals surface area (Å²) in [6, 6.07) is 15.0. The summed E-state index contributed by atoms with van der Waals surface area (Å²) in [5, 5.41) is -0.0552. The van der Waals surface area contributed by atoms with Crippen LogP contribution in [-0.2, 0) is 13.4 Å². The molecule has 5 nitrogen and oxygen atoms in total. The van der Waals surface area contributed by atoms with Gasteiger partial charge in [0.2, 0.25) is 0 Å². The summed E-state index contributed by atoms with van der Waals surface area (Å²) in [5.74, 6) is 0. The van der Waals surface area contributed by atoms with Crippen molar-refractivity contribution in [2.45, 2.75) is 7.43 Å². The monoisotopic (exact) mass is 314 g/mol. The van der Waals surface area contributed by atoms with Crippen molar-refractivity contribution in [2.24, 2.45) is 0 Å². The van der Waals surface area contributed by atoms with Gasteiger partial charge >= 0.3 is 15.2 Å². The van der Waals surface area contributed by atoms with Crippen LogP contribution < -0.4 is 10.6 Å². The van der Waals surface area contributed by atoms with Gasteiger partial charge in [0.1, 0.15) is 0 Å². The van der Waals surface area contributed by atoms with Crippen molar-refractivity contribution in [3.8, 4) is 0 Å². The van der Waals surface area contributed by atoms with Gasteiger partial charge < -0.3 is 9.79 Å². The van der Waals surface area contributed by atoms with E-state index in [0.717, 1.165) is 0 Å². The van der Waals surface area contributed by atoms with E-state index in [2.05, 4.69) is 4.31 Å². The fourth-order valence-corrected chi connectivity index (χ4v) is 4.53. The van der Waals surface area contributed by atoms with E-state index in [-0.39, 0.29) is 18.0 Å². The summed E-state index contributed by atoms with van der Waals surface area (Å²) >= 11 is 0. The van der Waals surface area contributed by atoms with E-state index in [1.807, 2.05) is 0 Å². The summed E-state index contributed by atoms with van der Waals surface area (Å²) in [7, 11) is -8.69. The van der Waals surface area contributed by atoms with Gasteiger partial charge in [0, 0.05) is 0 Å². The Bertz CT molecular complexity index is 585. The summed E-state index contributed by atoms with van der Waals surface area (Å²) in [5.41, 5.74) is 0. The number of rotatable bonds is 4. The van der Waals surface area contributed by atoms with Gasteiger partial charge in [-0.3, -0.25) is 9.13 Å². The smallest absolute Gasteiger partial charge is 0.321 e. The largest absolute Gasteiger partial charge is 0.366 e. The minimum absolute atomic E-state index is 0. The third kappa shape index (κ3) is 3.89. The van der Waals surface area contributed by atoms with Crippen LogP contribution in [-0.4, -0.2) is 9.79 Å². The second-order valence-electron chi connectivity index (χ2n) is 3.79. The first-order valence-corrected chi connectivity index (χ1v) is 8.55. The van der Waals surface area contributed by atoms with Crippen molar-refractivity contribution in [3.63, 3.8) is 0 Å². The van der Waals surface area contributed by atoms with Crippen LogP contribution in [0.2, 0.25) is 0 Å². The lowest BCUT2D eigenvalue weighted by molar-refractivity contribution is 0.349. The Morgan fingerprint density at radius 2 is 1.00 bits per heavy atom. The standard InChI is InChI=1S/C12H12O5P2.CH4/c13-18(14,11-7-3-1-4-8-11)17-19(15,16)12-9-5-2-6-10-12;/h1-10H,(H,13,14)(H,15,16);1H4. The Kier molecular flexibility index (Phi) is 5.46. The first-order valence-electron chi connectivity index (χ1n) is 5.40. The zero-order chi connectivity index (χ0) is 13.9. The summed E-state index contributed by atoms with van der Waals surface area (Å²) < 4.78 is 28.6. The lowest BCUT2D eigenvalue weighted by Gasteiger charge is -2.16. The molecule has 0 aliphatic rings. The maximum absolute atomic E-state index is 12.0. The topological polar surface area (TPSA) is 83.8 Å². The first-order chi connectivity index (χ1) is 8.92. The van der Waals surface area contributed by atoms with Gasteiger partial charge in [0.05, 0.1) is 10.6 Å². The summed E-state index contributed by atoms with van der Waals surface area (Å²) in [6.45, 7) is 0. The highest BCUT2D eigenvalue weighted by molar-refractivity contribution is 7.74. The molecule has 108 valence electrons. The number of hydrogen-bond donors (Lipinski definition) is 2. The van der Waals surface area contributed by atoms with Gasteiger partial charge in [-0.05, 0) is 24.3 Å². The number of benzene rings is 2. The molecule has 0 aromatic heterocycles. The van der Waals surface area contributed by atoms with Gasteiger partial charge in [-0.15, -0.1) is 0 Å². The molecule has 2 aromatic rings. The van der Waals surface area contributed by atoms with Gasteiger partial charge in [-0.1, -0.05) is 43.8 Å². The molecule has 0 bridgehead atoms. The molecule has 20 heavy (non-hydrogen) atoms. The minimum atomic E-state index is -4.34. The average molecular weight is 314 g/mol. The van der Waals surface area contributed by atoms with Crippen molar-refractivity contribution in [1.82, 2.24) is 0 Å². The normalized spacial score (nSPS) is 16.5. The predicted octanol–water partition coefficient (Wildman–Crippen LogP) is 2.66. The zero-order valence-corrected chi connectivity index (χ0v) is 11.6. The molecular weight excluding hydrogens is 298 g/mol. The number of hydrogen-bond acceptors (Lipinski definition) is 3. The maximum Gasteiger partial charge on any atom is 0.366 e. The molecule has 2 rings (SSSR count). The van der Waals surface area contributed by atoms with Crippen molar-refractivity contribution in [3.05, 3.63) is 60.7 Å². The molecule has 0 saturated heterocycles. The van der Waals surface area contributed by atoms with Gasteiger partial charge in [0.15, 0.2) is 0 Å². The molecule has 2 aromatic carbocycles. The molecule has 0 radical (unpaired) electrons. The molecule has 7 heteroatoms.